The van der Waals surface area contributed by atoms with Crippen LogP contribution in [0.4, 0.5) is 0 Å². The molecule has 142 valence electrons. The molecule has 2 rings (SSSR count). The van der Waals surface area contributed by atoms with Gasteiger partial charge in [-0.15, -0.1) is 0 Å². The predicted octanol–water partition coefficient (Wildman–Crippen LogP) is -4.74. The Hall–Kier alpha value is -0.440. The van der Waals surface area contributed by atoms with E-state index in [4.69, 9.17) is 18.9 Å². The topological polar surface area (TPSA) is 179 Å². The van der Waals surface area contributed by atoms with Crippen LogP contribution in [-0.2, 0) is 18.9 Å². The lowest BCUT2D eigenvalue weighted by atomic mass is 9.98. The summed E-state index contributed by atoms with van der Waals surface area (Å²) in [6.07, 6.45) is -13.9. The maximum Gasteiger partial charge on any atom is 0.186 e. The van der Waals surface area contributed by atoms with E-state index in [9.17, 15) is 35.7 Å². The second kappa shape index (κ2) is 8.29. The summed E-state index contributed by atoms with van der Waals surface area (Å²) in [5.41, 5.74) is 0. The molecule has 0 aromatic heterocycles. The Kier molecular flexibility index (Phi) is 6.87. The molecule has 0 radical (unpaired) electrons. The molecular weight excluding hydrogens is 332 g/mol. The Bertz CT molecular complexity index is 394. The lowest BCUT2D eigenvalue weighted by Gasteiger charge is -2.42. The van der Waals surface area contributed by atoms with E-state index in [2.05, 4.69) is 0 Å². The number of hydrogen-bond acceptors (Lipinski definition) is 11. The maximum absolute atomic E-state index is 9.99. The van der Waals surface area contributed by atoms with E-state index in [1.165, 1.54) is 7.11 Å². The number of methoxy groups -OCH3 is 1. The summed E-state index contributed by atoms with van der Waals surface area (Å²) in [4.78, 5) is 0. The monoisotopic (exact) mass is 356 g/mol. The van der Waals surface area contributed by atoms with Crippen LogP contribution < -0.4 is 0 Å². The van der Waals surface area contributed by atoms with E-state index >= 15 is 0 Å². The van der Waals surface area contributed by atoms with Crippen molar-refractivity contribution in [3.05, 3.63) is 0 Å². The lowest BCUT2D eigenvalue weighted by molar-refractivity contribution is -0.327. The molecule has 11 nitrogen and oxygen atoms in total. The first-order valence-corrected chi connectivity index (χ1v) is 7.46. The maximum atomic E-state index is 9.99. The minimum Gasteiger partial charge on any atom is -0.394 e. The fraction of sp³-hybridized carbons (Fsp3) is 1.00. The molecule has 0 aromatic carbocycles. The first-order valence-electron chi connectivity index (χ1n) is 7.46. The van der Waals surface area contributed by atoms with E-state index in [1.807, 2.05) is 0 Å². The summed E-state index contributed by atoms with van der Waals surface area (Å²) in [7, 11) is 1.29. The van der Waals surface area contributed by atoms with Gasteiger partial charge in [0.15, 0.2) is 12.6 Å². The zero-order valence-corrected chi connectivity index (χ0v) is 13.0. The highest BCUT2D eigenvalue weighted by molar-refractivity contribution is 4.91. The van der Waals surface area contributed by atoms with Gasteiger partial charge in [0.25, 0.3) is 0 Å². The quantitative estimate of drug-likeness (QED) is 0.251. The van der Waals surface area contributed by atoms with Gasteiger partial charge in [0.1, 0.15) is 48.8 Å². The Morgan fingerprint density at radius 1 is 0.792 bits per heavy atom. The third kappa shape index (κ3) is 3.86. The van der Waals surface area contributed by atoms with Crippen molar-refractivity contribution >= 4 is 0 Å². The Balaban J connectivity index is 1.95. The lowest BCUT2D eigenvalue weighted by Crippen LogP contribution is -2.61. The van der Waals surface area contributed by atoms with Crippen molar-refractivity contribution < 1.29 is 54.7 Å². The average molecular weight is 356 g/mol. The molecule has 2 saturated heterocycles. The number of ether oxygens (including phenoxy) is 4. The molecular formula is C13H24O11. The standard InChI is InChI=1S/C13H24O11/c1-21-11-4(2-14)24-13(10(19)8(11)17)22-3-5-6(15)7(16)9(18)12(20)23-5/h4-20H,2-3H2,1H3/t4-,5-,6-,7+,8-,9+,10+,11-,12+,13+/m1/s1. The Morgan fingerprint density at radius 2 is 1.46 bits per heavy atom. The molecule has 2 aliphatic heterocycles. The minimum absolute atomic E-state index is 0.424. The van der Waals surface area contributed by atoms with Crippen LogP contribution in [-0.4, -0.2) is 117 Å². The molecule has 0 bridgehead atoms. The van der Waals surface area contributed by atoms with Crippen molar-refractivity contribution in [2.24, 2.45) is 0 Å². The van der Waals surface area contributed by atoms with Crippen LogP contribution in [0.1, 0.15) is 0 Å². The van der Waals surface area contributed by atoms with Gasteiger partial charge >= 0.3 is 0 Å². The summed E-state index contributed by atoms with van der Waals surface area (Å²) in [6, 6.07) is 0. The van der Waals surface area contributed by atoms with Crippen molar-refractivity contribution in [2.75, 3.05) is 20.3 Å². The van der Waals surface area contributed by atoms with Crippen LogP contribution in [0.5, 0.6) is 0 Å². The summed E-state index contributed by atoms with van der Waals surface area (Å²) >= 11 is 0. The molecule has 0 aromatic rings. The first-order chi connectivity index (χ1) is 11.3. The highest BCUT2D eigenvalue weighted by Crippen LogP contribution is 2.25. The number of aliphatic hydroxyl groups is 7. The third-order valence-electron chi connectivity index (χ3n) is 4.20. The summed E-state index contributed by atoms with van der Waals surface area (Å²) < 4.78 is 20.4. The SMILES string of the molecule is CO[C@H]1[C@H](O)[C@H](O)[C@@H](OC[C@H]2O[C@H](O)[C@@H](O)[C@@H](O)[C@@H]2O)O[C@@H]1CO. The van der Waals surface area contributed by atoms with E-state index in [1.54, 1.807) is 0 Å². The molecule has 11 heteroatoms. The zero-order valence-electron chi connectivity index (χ0n) is 13.0. The second-order valence-corrected chi connectivity index (χ2v) is 5.78. The molecule has 2 aliphatic rings. The minimum atomic E-state index is -1.72. The third-order valence-corrected chi connectivity index (χ3v) is 4.20. The van der Waals surface area contributed by atoms with Crippen LogP contribution >= 0.6 is 0 Å². The highest BCUT2D eigenvalue weighted by Gasteiger charge is 2.47. The Labute approximate surface area is 137 Å². The fourth-order valence-electron chi connectivity index (χ4n) is 2.74. The summed E-state index contributed by atoms with van der Waals surface area (Å²) in [5, 5.41) is 67.5. The Morgan fingerprint density at radius 3 is 2.04 bits per heavy atom. The van der Waals surface area contributed by atoms with Crippen LogP contribution in [0.2, 0.25) is 0 Å². The molecule has 24 heavy (non-hydrogen) atoms. The normalized spacial score (nSPS) is 50.0. The van der Waals surface area contributed by atoms with Crippen molar-refractivity contribution in [2.45, 2.75) is 61.4 Å². The van der Waals surface area contributed by atoms with Crippen molar-refractivity contribution in [1.82, 2.24) is 0 Å². The van der Waals surface area contributed by atoms with Gasteiger partial charge < -0.3 is 54.7 Å². The van der Waals surface area contributed by atoms with Crippen LogP contribution in [0.25, 0.3) is 0 Å². The zero-order chi connectivity index (χ0) is 18.0. The molecule has 2 heterocycles. The van der Waals surface area contributed by atoms with Crippen molar-refractivity contribution in [1.29, 1.82) is 0 Å². The summed E-state index contributed by atoms with van der Waals surface area (Å²) in [6.45, 7) is -0.916. The molecule has 0 saturated carbocycles. The van der Waals surface area contributed by atoms with Gasteiger partial charge in [-0.05, 0) is 0 Å². The van der Waals surface area contributed by atoms with Gasteiger partial charge in [-0.2, -0.15) is 0 Å². The van der Waals surface area contributed by atoms with Crippen LogP contribution in [0, 0.1) is 0 Å². The molecule has 0 amide bonds. The number of rotatable bonds is 5. The van der Waals surface area contributed by atoms with Gasteiger partial charge in [-0.1, -0.05) is 0 Å². The van der Waals surface area contributed by atoms with E-state index < -0.39 is 74.6 Å². The van der Waals surface area contributed by atoms with Gasteiger partial charge in [0.05, 0.1) is 13.2 Å². The van der Waals surface area contributed by atoms with Crippen molar-refractivity contribution in [3.8, 4) is 0 Å². The molecule has 10 atom stereocenters. The van der Waals surface area contributed by atoms with E-state index in [0.717, 1.165) is 0 Å². The predicted molar refractivity (Wildman–Crippen MR) is 73.4 cm³/mol. The average Bonchev–Trinajstić information content (AvgIpc) is 2.58. The van der Waals surface area contributed by atoms with Crippen LogP contribution in [0.15, 0.2) is 0 Å². The molecule has 2 fully saturated rings. The van der Waals surface area contributed by atoms with Gasteiger partial charge in [-0.25, -0.2) is 0 Å². The molecule has 0 unspecified atom stereocenters. The smallest absolute Gasteiger partial charge is 0.186 e. The fourth-order valence-corrected chi connectivity index (χ4v) is 2.74. The highest BCUT2D eigenvalue weighted by atomic mass is 16.7. The van der Waals surface area contributed by atoms with Crippen LogP contribution in [0.3, 0.4) is 0 Å². The molecule has 7 N–H and O–H groups in total. The van der Waals surface area contributed by atoms with Gasteiger partial charge in [0, 0.05) is 7.11 Å². The van der Waals surface area contributed by atoms with Gasteiger partial charge in [-0.3, -0.25) is 0 Å². The summed E-state index contributed by atoms with van der Waals surface area (Å²) in [5.74, 6) is 0. The van der Waals surface area contributed by atoms with Crippen molar-refractivity contribution in [3.63, 3.8) is 0 Å². The largest absolute Gasteiger partial charge is 0.394 e. The second-order valence-electron chi connectivity index (χ2n) is 5.78. The van der Waals surface area contributed by atoms with Gasteiger partial charge in [0.2, 0.25) is 0 Å². The van der Waals surface area contributed by atoms with E-state index in [0.29, 0.717) is 0 Å². The molecule has 0 aliphatic carbocycles. The first kappa shape index (κ1) is 19.9. The number of aliphatic hydroxyl groups excluding tert-OH is 7. The van der Waals surface area contributed by atoms with E-state index in [-0.39, 0.29) is 0 Å². The molecule has 0 spiro atoms. The number of hydrogen-bond donors (Lipinski definition) is 7.